The molecule has 0 saturated heterocycles. The molecule has 17 heavy (non-hydrogen) atoms. The fraction of sp³-hybridized carbons (Fsp3) is 0.500. The highest BCUT2D eigenvalue weighted by Crippen LogP contribution is 2.17. The van der Waals surface area contributed by atoms with E-state index in [1.165, 1.54) is 11.8 Å². The van der Waals surface area contributed by atoms with Crippen LogP contribution in [0.2, 0.25) is 0 Å². The van der Waals surface area contributed by atoms with Crippen molar-refractivity contribution in [3.8, 4) is 0 Å². The zero-order chi connectivity index (χ0) is 12.9. The molecule has 1 N–H and O–H groups in total. The van der Waals surface area contributed by atoms with Crippen LogP contribution in [-0.2, 0) is 9.84 Å². The van der Waals surface area contributed by atoms with E-state index in [2.05, 4.69) is 40.3 Å². The van der Waals surface area contributed by atoms with Gasteiger partial charge in [0, 0.05) is 16.8 Å². The van der Waals surface area contributed by atoms with Crippen LogP contribution in [0, 0.1) is 0 Å². The Kier molecular flexibility index (Phi) is 5.62. The third-order valence-corrected chi connectivity index (χ3v) is 4.01. The van der Waals surface area contributed by atoms with Crippen LogP contribution in [-0.4, -0.2) is 27.0 Å². The second-order valence-electron chi connectivity index (χ2n) is 4.21. The molecule has 1 aromatic rings. The van der Waals surface area contributed by atoms with Crippen molar-refractivity contribution in [2.45, 2.75) is 19.4 Å². The minimum atomic E-state index is -2.84. The standard InChI is InChI=1S/C12H18BrNO2S/c1-10(11-5-3-6-12(13)9-11)14-7-4-8-17(2,15)16/h3,5-6,9-10,14H,4,7-8H2,1-2H3/t10-/m1/s1. The van der Waals surface area contributed by atoms with Gasteiger partial charge in [-0.15, -0.1) is 0 Å². The van der Waals surface area contributed by atoms with Gasteiger partial charge >= 0.3 is 0 Å². The van der Waals surface area contributed by atoms with Crippen molar-refractivity contribution in [1.29, 1.82) is 0 Å². The molecule has 0 amide bonds. The van der Waals surface area contributed by atoms with Crippen LogP contribution in [0.3, 0.4) is 0 Å². The Hall–Kier alpha value is -0.390. The molecule has 0 unspecified atom stereocenters. The number of halogens is 1. The lowest BCUT2D eigenvalue weighted by Gasteiger charge is -2.14. The number of nitrogens with one attached hydrogen (secondary N) is 1. The van der Waals surface area contributed by atoms with Crippen molar-refractivity contribution in [2.75, 3.05) is 18.6 Å². The van der Waals surface area contributed by atoms with E-state index in [-0.39, 0.29) is 11.8 Å². The maximum atomic E-state index is 11.0. The lowest BCUT2D eigenvalue weighted by Crippen LogP contribution is -2.21. The van der Waals surface area contributed by atoms with Crippen molar-refractivity contribution in [3.63, 3.8) is 0 Å². The number of hydrogen-bond acceptors (Lipinski definition) is 3. The summed E-state index contributed by atoms with van der Waals surface area (Å²) in [5, 5.41) is 3.31. The SMILES string of the molecule is C[C@@H](NCCCS(C)(=O)=O)c1cccc(Br)c1. The Morgan fingerprint density at radius 3 is 2.71 bits per heavy atom. The third-order valence-electron chi connectivity index (χ3n) is 2.49. The topological polar surface area (TPSA) is 46.2 Å². The van der Waals surface area contributed by atoms with E-state index < -0.39 is 9.84 Å². The van der Waals surface area contributed by atoms with E-state index in [1.54, 1.807) is 0 Å². The van der Waals surface area contributed by atoms with Gasteiger partial charge in [-0.25, -0.2) is 8.42 Å². The first-order valence-corrected chi connectivity index (χ1v) is 8.40. The molecule has 0 radical (unpaired) electrons. The summed E-state index contributed by atoms with van der Waals surface area (Å²) in [5.74, 6) is 0.241. The van der Waals surface area contributed by atoms with Gasteiger partial charge in [0.15, 0.2) is 0 Å². The van der Waals surface area contributed by atoms with Crippen LogP contribution in [0.1, 0.15) is 24.9 Å². The molecule has 0 fully saturated rings. The van der Waals surface area contributed by atoms with E-state index in [0.29, 0.717) is 13.0 Å². The molecule has 1 atom stereocenters. The van der Waals surface area contributed by atoms with Gasteiger partial charge in [-0.1, -0.05) is 28.1 Å². The minimum absolute atomic E-state index is 0.229. The van der Waals surface area contributed by atoms with Gasteiger partial charge in [0.25, 0.3) is 0 Å². The van der Waals surface area contributed by atoms with Crippen LogP contribution in [0.4, 0.5) is 0 Å². The average molecular weight is 320 g/mol. The highest BCUT2D eigenvalue weighted by Gasteiger charge is 2.06. The van der Waals surface area contributed by atoms with E-state index in [0.717, 1.165) is 4.47 Å². The van der Waals surface area contributed by atoms with Gasteiger partial charge in [-0.2, -0.15) is 0 Å². The molecule has 1 aromatic carbocycles. The first kappa shape index (κ1) is 14.7. The van der Waals surface area contributed by atoms with E-state index >= 15 is 0 Å². The van der Waals surface area contributed by atoms with Crippen molar-refractivity contribution < 1.29 is 8.42 Å². The molecule has 0 aliphatic carbocycles. The Balaban J connectivity index is 2.38. The van der Waals surface area contributed by atoms with Crippen molar-refractivity contribution in [3.05, 3.63) is 34.3 Å². The average Bonchev–Trinajstić information content (AvgIpc) is 2.23. The van der Waals surface area contributed by atoms with Crippen molar-refractivity contribution in [2.24, 2.45) is 0 Å². The first-order chi connectivity index (χ1) is 7.88. The molecule has 0 bridgehead atoms. The molecule has 5 heteroatoms. The van der Waals surface area contributed by atoms with E-state index in [4.69, 9.17) is 0 Å². The molecule has 3 nitrogen and oxygen atoms in total. The predicted molar refractivity (Wildman–Crippen MR) is 74.9 cm³/mol. The van der Waals surface area contributed by atoms with Crippen LogP contribution in [0.15, 0.2) is 28.7 Å². The van der Waals surface area contributed by atoms with Gasteiger partial charge in [0.05, 0.1) is 5.75 Å². The fourth-order valence-electron chi connectivity index (χ4n) is 1.55. The Morgan fingerprint density at radius 2 is 2.12 bits per heavy atom. The molecule has 0 aliphatic rings. The fourth-order valence-corrected chi connectivity index (χ4v) is 2.63. The molecular weight excluding hydrogens is 302 g/mol. The summed E-state index contributed by atoms with van der Waals surface area (Å²) in [7, 11) is -2.84. The molecule has 96 valence electrons. The summed E-state index contributed by atoms with van der Waals surface area (Å²) in [6.45, 7) is 2.78. The third kappa shape index (κ3) is 6.19. The summed E-state index contributed by atoms with van der Waals surface area (Å²) in [6, 6.07) is 8.33. The highest BCUT2D eigenvalue weighted by atomic mass is 79.9. The predicted octanol–water partition coefficient (Wildman–Crippen LogP) is 2.53. The van der Waals surface area contributed by atoms with Crippen LogP contribution in [0.5, 0.6) is 0 Å². The van der Waals surface area contributed by atoms with E-state index in [1.807, 2.05) is 12.1 Å². The molecule has 1 rings (SSSR count). The normalized spacial score (nSPS) is 13.6. The summed E-state index contributed by atoms with van der Waals surface area (Å²) in [6.07, 6.45) is 1.92. The van der Waals surface area contributed by atoms with Gasteiger partial charge in [-0.3, -0.25) is 0 Å². The van der Waals surface area contributed by atoms with Crippen molar-refractivity contribution in [1.82, 2.24) is 5.32 Å². The van der Waals surface area contributed by atoms with Crippen LogP contribution in [0.25, 0.3) is 0 Å². The van der Waals surface area contributed by atoms with Crippen LogP contribution < -0.4 is 5.32 Å². The molecule has 0 heterocycles. The van der Waals surface area contributed by atoms with E-state index in [9.17, 15) is 8.42 Å². The second kappa shape index (κ2) is 6.52. The smallest absolute Gasteiger partial charge is 0.147 e. The summed E-state index contributed by atoms with van der Waals surface area (Å²) < 4.78 is 23.0. The van der Waals surface area contributed by atoms with Crippen LogP contribution >= 0.6 is 15.9 Å². The lowest BCUT2D eigenvalue weighted by atomic mass is 10.1. The minimum Gasteiger partial charge on any atom is -0.310 e. The van der Waals surface area contributed by atoms with Gasteiger partial charge in [0.1, 0.15) is 9.84 Å². The molecule has 0 saturated carbocycles. The Morgan fingerprint density at radius 1 is 1.41 bits per heavy atom. The zero-order valence-corrected chi connectivity index (χ0v) is 12.5. The number of sulfone groups is 1. The van der Waals surface area contributed by atoms with Gasteiger partial charge < -0.3 is 5.32 Å². The number of hydrogen-bond donors (Lipinski definition) is 1. The highest BCUT2D eigenvalue weighted by molar-refractivity contribution is 9.10. The van der Waals surface area contributed by atoms with Crippen molar-refractivity contribution >= 4 is 25.8 Å². The Labute approximate surface area is 112 Å². The molecular formula is C12H18BrNO2S. The quantitative estimate of drug-likeness (QED) is 0.820. The van der Waals surface area contributed by atoms with Gasteiger partial charge in [-0.05, 0) is 37.6 Å². The zero-order valence-electron chi connectivity index (χ0n) is 10.1. The molecule has 0 aromatic heterocycles. The Bertz CT molecular complexity index is 459. The largest absolute Gasteiger partial charge is 0.310 e. The summed E-state index contributed by atoms with van der Waals surface area (Å²) >= 11 is 3.43. The molecule has 0 spiro atoms. The summed E-state index contributed by atoms with van der Waals surface area (Å²) in [5.41, 5.74) is 1.19. The second-order valence-corrected chi connectivity index (χ2v) is 7.39. The number of benzene rings is 1. The lowest BCUT2D eigenvalue weighted by molar-refractivity contribution is 0.562. The maximum Gasteiger partial charge on any atom is 0.147 e. The monoisotopic (exact) mass is 319 g/mol. The molecule has 0 aliphatic heterocycles. The summed E-state index contributed by atoms with van der Waals surface area (Å²) in [4.78, 5) is 0. The maximum absolute atomic E-state index is 11.0. The van der Waals surface area contributed by atoms with Gasteiger partial charge in [0.2, 0.25) is 0 Å². The first-order valence-electron chi connectivity index (χ1n) is 5.55. The number of rotatable bonds is 6.